The van der Waals surface area contributed by atoms with Crippen LogP contribution >= 0.6 is 15.9 Å². The van der Waals surface area contributed by atoms with Crippen molar-refractivity contribution in [2.75, 3.05) is 6.67 Å². The van der Waals surface area contributed by atoms with E-state index in [1.807, 2.05) is 0 Å². The van der Waals surface area contributed by atoms with Crippen LogP contribution in [0.25, 0.3) is 0 Å². The van der Waals surface area contributed by atoms with Crippen LogP contribution in [0.5, 0.6) is 5.75 Å². The number of carbonyl (C=O) groups excluding carboxylic acids is 1. The first kappa shape index (κ1) is 14.0. The molecule has 2 nitrogen and oxygen atoms in total. The Kier molecular flexibility index (Phi) is 5.47. The Morgan fingerprint density at radius 1 is 1.41 bits per heavy atom. The number of alkyl halides is 3. The summed E-state index contributed by atoms with van der Waals surface area (Å²) in [6, 6.07) is 4.13. The molecule has 0 bridgehead atoms. The standard InChI is InChI=1S/C11H10BrF3O2/c12-9-2-1-8(5-7(9)6-16)17-11(15)10(14)3-4-13/h1-2,5-6,10-11H,3-4H2. The molecule has 1 aromatic carbocycles. The minimum absolute atomic E-state index is 0.0179. The van der Waals surface area contributed by atoms with Crippen LogP contribution in [0.3, 0.4) is 0 Å². The Labute approximate surface area is 105 Å². The van der Waals surface area contributed by atoms with E-state index in [1.165, 1.54) is 18.2 Å². The molecule has 94 valence electrons. The van der Waals surface area contributed by atoms with E-state index in [-0.39, 0.29) is 11.3 Å². The molecule has 2 unspecified atom stereocenters. The van der Waals surface area contributed by atoms with Crippen LogP contribution in [0, 0.1) is 0 Å². The van der Waals surface area contributed by atoms with Crippen LogP contribution in [0.15, 0.2) is 22.7 Å². The van der Waals surface area contributed by atoms with Gasteiger partial charge >= 0.3 is 0 Å². The fraction of sp³-hybridized carbons (Fsp3) is 0.364. The van der Waals surface area contributed by atoms with Crippen molar-refractivity contribution in [3.05, 3.63) is 28.2 Å². The van der Waals surface area contributed by atoms with E-state index in [0.29, 0.717) is 10.8 Å². The summed E-state index contributed by atoms with van der Waals surface area (Å²) in [5, 5.41) is 0. The van der Waals surface area contributed by atoms with Gasteiger partial charge in [0, 0.05) is 16.5 Å². The second kappa shape index (κ2) is 6.64. The van der Waals surface area contributed by atoms with E-state index in [2.05, 4.69) is 20.7 Å². The molecule has 0 saturated heterocycles. The molecule has 6 heteroatoms. The molecule has 0 amide bonds. The van der Waals surface area contributed by atoms with Gasteiger partial charge < -0.3 is 4.74 Å². The van der Waals surface area contributed by atoms with Gasteiger partial charge in [0.1, 0.15) is 5.75 Å². The summed E-state index contributed by atoms with van der Waals surface area (Å²) < 4.78 is 43.0. The lowest BCUT2D eigenvalue weighted by atomic mass is 10.2. The summed E-state index contributed by atoms with van der Waals surface area (Å²) in [7, 11) is 0. The van der Waals surface area contributed by atoms with Crippen LogP contribution in [0.1, 0.15) is 16.8 Å². The second-order valence-corrected chi connectivity index (χ2v) is 4.12. The predicted molar refractivity (Wildman–Crippen MR) is 60.5 cm³/mol. The molecule has 0 saturated carbocycles. The van der Waals surface area contributed by atoms with Crippen molar-refractivity contribution in [2.24, 2.45) is 0 Å². The molecule has 17 heavy (non-hydrogen) atoms. The molecular formula is C11H10BrF3O2. The first-order chi connectivity index (χ1) is 8.08. The first-order valence-electron chi connectivity index (χ1n) is 4.84. The number of hydrogen-bond acceptors (Lipinski definition) is 2. The van der Waals surface area contributed by atoms with Gasteiger partial charge in [-0.15, -0.1) is 0 Å². The highest BCUT2D eigenvalue weighted by molar-refractivity contribution is 9.10. The summed E-state index contributed by atoms with van der Waals surface area (Å²) in [6.07, 6.45) is -4.27. The molecule has 0 N–H and O–H groups in total. The van der Waals surface area contributed by atoms with Gasteiger partial charge in [-0.25, -0.2) is 4.39 Å². The molecule has 0 aliphatic carbocycles. The third-order valence-corrected chi connectivity index (χ3v) is 2.73. The van der Waals surface area contributed by atoms with Crippen molar-refractivity contribution in [1.82, 2.24) is 0 Å². The molecular weight excluding hydrogens is 301 g/mol. The normalized spacial score (nSPS) is 14.1. The van der Waals surface area contributed by atoms with Gasteiger partial charge in [-0.1, -0.05) is 15.9 Å². The van der Waals surface area contributed by atoms with Gasteiger partial charge in [0.15, 0.2) is 12.5 Å². The molecule has 1 aromatic rings. The van der Waals surface area contributed by atoms with Crippen LogP contribution in [-0.4, -0.2) is 25.5 Å². The third-order valence-electron chi connectivity index (χ3n) is 2.01. The largest absolute Gasteiger partial charge is 0.457 e. The van der Waals surface area contributed by atoms with Gasteiger partial charge in [0.2, 0.25) is 0 Å². The van der Waals surface area contributed by atoms with Gasteiger partial charge in [0.05, 0.1) is 6.67 Å². The van der Waals surface area contributed by atoms with Gasteiger partial charge in [-0.05, 0) is 18.2 Å². The molecule has 0 fully saturated rings. The average molecular weight is 311 g/mol. The maximum Gasteiger partial charge on any atom is 0.269 e. The van der Waals surface area contributed by atoms with Crippen molar-refractivity contribution in [3.8, 4) is 5.75 Å². The smallest absolute Gasteiger partial charge is 0.269 e. The maximum atomic E-state index is 13.1. The molecule has 0 heterocycles. The number of halogens is 4. The summed E-state index contributed by atoms with van der Waals surface area (Å²) in [6.45, 7) is -0.953. The average Bonchev–Trinajstić information content (AvgIpc) is 2.31. The number of hydrogen-bond donors (Lipinski definition) is 0. The fourth-order valence-corrected chi connectivity index (χ4v) is 1.46. The Hall–Kier alpha value is -1.04. The van der Waals surface area contributed by atoms with Crippen LogP contribution < -0.4 is 4.74 Å². The zero-order valence-electron chi connectivity index (χ0n) is 8.71. The minimum atomic E-state index is -2.24. The number of carbonyl (C=O) groups is 1. The van der Waals surface area contributed by atoms with Gasteiger partial charge in [-0.2, -0.15) is 4.39 Å². The quantitative estimate of drug-likeness (QED) is 0.750. The van der Waals surface area contributed by atoms with Crippen molar-refractivity contribution in [1.29, 1.82) is 0 Å². The van der Waals surface area contributed by atoms with E-state index in [1.54, 1.807) is 0 Å². The fourth-order valence-electron chi connectivity index (χ4n) is 1.12. The van der Waals surface area contributed by atoms with Gasteiger partial charge in [0.25, 0.3) is 6.36 Å². The summed E-state index contributed by atoms with van der Waals surface area (Å²) in [5.41, 5.74) is 0.260. The molecule has 0 spiro atoms. The summed E-state index contributed by atoms with van der Waals surface area (Å²) >= 11 is 3.11. The Morgan fingerprint density at radius 2 is 2.12 bits per heavy atom. The van der Waals surface area contributed by atoms with Crippen molar-refractivity contribution in [2.45, 2.75) is 19.0 Å². The maximum absolute atomic E-state index is 13.1. The number of benzene rings is 1. The summed E-state index contributed by atoms with van der Waals surface area (Å²) in [4.78, 5) is 10.6. The second-order valence-electron chi connectivity index (χ2n) is 3.26. The lowest BCUT2D eigenvalue weighted by Crippen LogP contribution is -2.24. The molecule has 0 aliphatic rings. The van der Waals surface area contributed by atoms with E-state index >= 15 is 0 Å². The summed E-state index contributed by atoms with van der Waals surface area (Å²) in [5.74, 6) is 0.0179. The lowest BCUT2D eigenvalue weighted by Gasteiger charge is -2.14. The van der Waals surface area contributed by atoms with Crippen LogP contribution in [0.2, 0.25) is 0 Å². The Bertz CT molecular complexity index is 387. The number of ether oxygens (including phenoxy) is 1. The van der Waals surface area contributed by atoms with E-state index in [0.717, 1.165) is 0 Å². The third kappa shape index (κ3) is 4.03. The zero-order chi connectivity index (χ0) is 12.8. The lowest BCUT2D eigenvalue weighted by molar-refractivity contribution is -0.0112. The van der Waals surface area contributed by atoms with Crippen LogP contribution in [0.4, 0.5) is 13.2 Å². The Balaban J connectivity index is 2.71. The highest BCUT2D eigenvalue weighted by Crippen LogP contribution is 2.23. The molecule has 0 aromatic heterocycles. The van der Waals surface area contributed by atoms with Crippen molar-refractivity contribution in [3.63, 3.8) is 0 Å². The first-order valence-corrected chi connectivity index (χ1v) is 5.63. The van der Waals surface area contributed by atoms with E-state index in [4.69, 9.17) is 0 Å². The zero-order valence-corrected chi connectivity index (χ0v) is 10.3. The minimum Gasteiger partial charge on any atom is -0.457 e. The topological polar surface area (TPSA) is 26.3 Å². The highest BCUT2D eigenvalue weighted by Gasteiger charge is 2.22. The molecule has 2 atom stereocenters. The molecule has 0 aliphatic heterocycles. The van der Waals surface area contributed by atoms with Crippen molar-refractivity contribution >= 4 is 22.2 Å². The highest BCUT2D eigenvalue weighted by atomic mass is 79.9. The van der Waals surface area contributed by atoms with Crippen LogP contribution in [-0.2, 0) is 0 Å². The monoisotopic (exact) mass is 310 g/mol. The number of aldehydes is 1. The predicted octanol–water partition coefficient (Wildman–Crippen LogP) is 3.63. The SMILES string of the molecule is O=Cc1cc(OC(F)C(F)CCF)ccc1Br. The van der Waals surface area contributed by atoms with E-state index in [9.17, 15) is 18.0 Å². The van der Waals surface area contributed by atoms with E-state index < -0.39 is 25.6 Å². The Morgan fingerprint density at radius 3 is 2.71 bits per heavy atom. The molecule has 1 rings (SSSR count). The van der Waals surface area contributed by atoms with Crippen molar-refractivity contribution < 1.29 is 22.7 Å². The number of rotatable bonds is 6. The van der Waals surface area contributed by atoms with Gasteiger partial charge in [-0.3, -0.25) is 9.18 Å². The molecule has 0 radical (unpaired) electrons.